The van der Waals surface area contributed by atoms with Gasteiger partial charge in [0, 0.05) is 20.1 Å². The van der Waals surface area contributed by atoms with Crippen LogP contribution in [-0.2, 0) is 4.79 Å². The fraction of sp³-hybridized carbons (Fsp3) is 0.750. The van der Waals surface area contributed by atoms with E-state index in [1.807, 2.05) is 11.9 Å². The Kier molecular flexibility index (Phi) is 2.83. The third-order valence-electron chi connectivity index (χ3n) is 3.96. The molecular formula is C12H20N2O. The van der Waals surface area contributed by atoms with E-state index < -0.39 is 0 Å². The van der Waals surface area contributed by atoms with E-state index in [9.17, 15) is 4.79 Å². The number of hydrogen-bond acceptors (Lipinski definition) is 2. The number of likely N-dealkylation sites (N-methyl/N-ethyl adjacent to an activating group) is 1. The number of hydrogen-bond donors (Lipinski definition) is 1. The Morgan fingerprint density at radius 2 is 2.53 bits per heavy atom. The number of nitrogens with zero attached hydrogens (tertiary/aromatic N) is 1. The van der Waals surface area contributed by atoms with Gasteiger partial charge in [0.15, 0.2) is 0 Å². The Morgan fingerprint density at radius 3 is 3.27 bits per heavy atom. The fourth-order valence-electron chi connectivity index (χ4n) is 3.16. The molecule has 0 unspecified atom stereocenters. The van der Waals surface area contributed by atoms with Crippen molar-refractivity contribution >= 4 is 5.91 Å². The van der Waals surface area contributed by atoms with Crippen molar-refractivity contribution in [2.45, 2.75) is 19.3 Å². The Bertz CT molecular complexity index is 265. The van der Waals surface area contributed by atoms with Crippen molar-refractivity contribution in [2.75, 3.05) is 26.7 Å². The zero-order valence-corrected chi connectivity index (χ0v) is 9.46. The molecule has 0 bridgehead atoms. The second-order valence-corrected chi connectivity index (χ2v) is 4.85. The molecule has 0 aromatic rings. The lowest BCUT2D eigenvalue weighted by atomic mass is 9.79. The molecule has 2 fully saturated rings. The second-order valence-electron chi connectivity index (χ2n) is 4.85. The van der Waals surface area contributed by atoms with Gasteiger partial charge in [0.1, 0.15) is 0 Å². The van der Waals surface area contributed by atoms with Crippen molar-refractivity contribution < 1.29 is 4.79 Å². The molecule has 1 N–H and O–H groups in total. The van der Waals surface area contributed by atoms with E-state index in [4.69, 9.17) is 0 Å². The highest BCUT2D eigenvalue weighted by Gasteiger charge is 2.52. The fourth-order valence-corrected chi connectivity index (χ4v) is 3.16. The molecule has 84 valence electrons. The number of carbonyl (C=O) groups excluding carboxylic acids is 1. The molecule has 3 nitrogen and oxygen atoms in total. The van der Waals surface area contributed by atoms with Gasteiger partial charge in [-0.1, -0.05) is 12.5 Å². The van der Waals surface area contributed by atoms with Crippen LogP contribution >= 0.6 is 0 Å². The molecule has 1 aliphatic carbocycles. The van der Waals surface area contributed by atoms with Gasteiger partial charge in [-0.3, -0.25) is 4.79 Å². The summed E-state index contributed by atoms with van der Waals surface area (Å²) < 4.78 is 0. The Hall–Kier alpha value is -0.830. The Balaban J connectivity index is 2.13. The van der Waals surface area contributed by atoms with Gasteiger partial charge in [0.2, 0.25) is 5.91 Å². The van der Waals surface area contributed by atoms with Crippen molar-refractivity contribution in [3.63, 3.8) is 0 Å². The summed E-state index contributed by atoms with van der Waals surface area (Å²) in [6, 6.07) is 0. The summed E-state index contributed by atoms with van der Waals surface area (Å²) in [5, 5.41) is 3.37. The monoisotopic (exact) mass is 208 g/mol. The molecule has 2 atom stereocenters. The smallest absolute Gasteiger partial charge is 0.230 e. The summed E-state index contributed by atoms with van der Waals surface area (Å²) in [6.45, 7) is 6.24. The minimum atomic E-state index is -0.0856. The van der Waals surface area contributed by atoms with E-state index in [2.05, 4.69) is 11.9 Å². The zero-order valence-electron chi connectivity index (χ0n) is 9.46. The maximum absolute atomic E-state index is 12.4. The van der Waals surface area contributed by atoms with Crippen LogP contribution in [0.4, 0.5) is 0 Å². The van der Waals surface area contributed by atoms with Crippen molar-refractivity contribution in [2.24, 2.45) is 11.3 Å². The zero-order chi connectivity index (χ0) is 10.9. The van der Waals surface area contributed by atoms with Gasteiger partial charge in [-0.2, -0.15) is 0 Å². The third kappa shape index (κ3) is 1.59. The van der Waals surface area contributed by atoms with Gasteiger partial charge in [-0.05, 0) is 25.3 Å². The molecule has 1 amide bonds. The van der Waals surface area contributed by atoms with Crippen LogP contribution in [-0.4, -0.2) is 37.5 Å². The number of rotatable bonds is 3. The SMILES string of the molecule is C=CCN(C)C(=O)[C@@]12CCC[C@@H]1CNC2. The van der Waals surface area contributed by atoms with Crippen LogP contribution in [0.5, 0.6) is 0 Å². The maximum Gasteiger partial charge on any atom is 0.230 e. The maximum atomic E-state index is 12.4. The number of fused-ring (bicyclic) bond motifs is 1. The van der Waals surface area contributed by atoms with E-state index in [-0.39, 0.29) is 5.41 Å². The van der Waals surface area contributed by atoms with Gasteiger partial charge in [0.05, 0.1) is 5.41 Å². The van der Waals surface area contributed by atoms with Crippen molar-refractivity contribution in [1.82, 2.24) is 10.2 Å². The largest absolute Gasteiger partial charge is 0.342 e. The molecular weight excluding hydrogens is 188 g/mol. The van der Waals surface area contributed by atoms with Crippen LogP contribution in [0.2, 0.25) is 0 Å². The van der Waals surface area contributed by atoms with Gasteiger partial charge in [-0.25, -0.2) is 0 Å². The Morgan fingerprint density at radius 1 is 1.73 bits per heavy atom. The van der Waals surface area contributed by atoms with Crippen LogP contribution in [0.1, 0.15) is 19.3 Å². The van der Waals surface area contributed by atoms with Crippen molar-refractivity contribution in [1.29, 1.82) is 0 Å². The molecule has 2 rings (SSSR count). The van der Waals surface area contributed by atoms with Crippen LogP contribution in [0.15, 0.2) is 12.7 Å². The van der Waals surface area contributed by atoms with E-state index in [1.165, 1.54) is 12.8 Å². The molecule has 15 heavy (non-hydrogen) atoms. The first-order chi connectivity index (χ1) is 7.20. The minimum Gasteiger partial charge on any atom is -0.342 e. The van der Waals surface area contributed by atoms with Crippen molar-refractivity contribution in [3.05, 3.63) is 12.7 Å². The predicted octanol–water partition coefficient (Wildman–Crippen LogP) is 1.02. The molecule has 1 saturated heterocycles. The molecule has 0 aromatic carbocycles. The summed E-state index contributed by atoms with van der Waals surface area (Å²) >= 11 is 0. The van der Waals surface area contributed by atoms with Crippen molar-refractivity contribution in [3.8, 4) is 0 Å². The number of amides is 1. The van der Waals surface area contributed by atoms with E-state index in [1.54, 1.807) is 6.08 Å². The third-order valence-corrected chi connectivity index (χ3v) is 3.96. The molecule has 3 heteroatoms. The van der Waals surface area contributed by atoms with Gasteiger partial charge in [0.25, 0.3) is 0 Å². The highest BCUT2D eigenvalue weighted by Crippen LogP contribution is 2.46. The van der Waals surface area contributed by atoms with Crippen LogP contribution < -0.4 is 5.32 Å². The normalized spacial score (nSPS) is 33.8. The molecule has 0 spiro atoms. The summed E-state index contributed by atoms with van der Waals surface area (Å²) in [6.07, 6.45) is 5.27. The lowest BCUT2D eigenvalue weighted by molar-refractivity contribution is -0.140. The van der Waals surface area contributed by atoms with Gasteiger partial charge < -0.3 is 10.2 Å². The summed E-state index contributed by atoms with van der Waals surface area (Å²) in [5.41, 5.74) is -0.0856. The first-order valence-corrected chi connectivity index (χ1v) is 5.78. The van der Waals surface area contributed by atoms with Gasteiger partial charge >= 0.3 is 0 Å². The number of carbonyl (C=O) groups is 1. The second kappa shape index (κ2) is 3.97. The number of nitrogens with one attached hydrogen (secondary N) is 1. The van der Waals surface area contributed by atoms with Gasteiger partial charge in [-0.15, -0.1) is 6.58 Å². The molecule has 1 heterocycles. The molecule has 0 radical (unpaired) electrons. The molecule has 0 aromatic heterocycles. The van der Waals surface area contributed by atoms with E-state index >= 15 is 0 Å². The first-order valence-electron chi connectivity index (χ1n) is 5.78. The molecule has 1 saturated carbocycles. The summed E-state index contributed by atoms with van der Waals surface area (Å²) in [4.78, 5) is 14.2. The first kappa shape index (κ1) is 10.7. The summed E-state index contributed by atoms with van der Waals surface area (Å²) in [7, 11) is 1.88. The standard InChI is InChI=1S/C12H20N2O/c1-3-7-14(2)11(15)12-6-4-5-10(12)8-13-9-12/h3,10,13H,1,4-9H2,2H3/t10-,12-/m1/s1. The average Bonchev–Trinajstić information content (AvgIpc) is 2.75. The van der Waals surface area contributed by atoms with Crippen LogP contribution in [0, 0.1) is 11.3 Å². The van der Waals surface area contributed by atoms with Crippen LogP contribution in [0.3, 0.4) is 0 Å². The van der Waals surface area contributed by atoms with Crippen LogP contribution in [0.25, 0.3) is 0 Å². The lowest BCUT2D eigenvalue weighted by Gasteiger charge is -2.31. The topological polar surface area (TPSA) is 32.3 Å². The highest BCUT2D eigenvalue weighted by molar-refractivity contribution is 5.84. The highest BCUT2D eigenvalue weighted by atomic mass is 16.2. The van der Waals surface area contributed by atoms with E-state index in [0.717, 1.165) is 19.5 Å². The molecule has 2 aliphatic rings. The Labute approximate surface area is 91.5 Å². The average molecular weight is 208 g/mol. The summed E-state index contributed by atoms with van der Waals surface area (Å²) in [5.74, 6) is 0.882. The quantitative estimate of drug-likeness (QED) is 0.702. The predicted molar refractivity (Wildman–Crippen MR) is 60.5 cm³/mol. The lowest BCUT2D eigenvalue weighted by Crippen LogP contribution is -2.44. The minimum absolute atomic E-state index is 0.0856. The van der Waals surface area contributed by atoms with E-state index in [0.29, 0.717) is 18.4 Å². The molecule has 1 aliphatic heterocycles.